The summed E-state index contributed by atoms with van der Waals surface area (Å²) in [6.45, 7) is 8.31. The number of benzene rings is 2. The highest BCUT2D eigenvalue weighted by atomic mass is 16.5. The van der Waals surface area contributed by atoms with Crippen LogP contribution in [0.15, 0.2) is 48.5 Å². The van der Waals surface area contributed by atoms with Gasteiger partial charge in [0.05, 0.1) is 12.1 Å². The van der Waals surface area contributed by atoms with Crippen LogP contribution >= 0.6 is 0 Å². The van der Waals surface area contributed by atoms with Gasteiger partial charge >= 0.3 is 0 Å². The number of nitrogens with one attached hydrogen (secondary N) is 1. The molecule has 0 spiro atoms. The van der Waals surface area contributed by atoms with E-state index in [1.807, 2.05) is 76.2 Å². The third kappa shape index (κ3) is 5.32. The van der Waals surface area contributed by atoms with E-state index in [0.29, 0.717) is 6.61 Å². The van der Waals surface area contributed by atoms with Gasteiger partial charge in [-0.1, -0.05) is 29.5 Å². The van der Waals surface area contributed by atoms with Crippen molar-refractivity contribution in [2.45, 2.75) is 64.7 Å². The van der Waals surface area contributed by atoms with Crippen LogP contribution in [0.2, 0.25) is 0 Å². The van der Waals surface area contributed by atoms with Gasteiger partial charge in [0.2, 0.25) is 11.8 Å². The Kier molecular flexibility index (Phi) is 6.35. The fourth-order valence-electron chi connectivity index (χ4n) is 3.94. The van der Waals surface area contributed by atoms with E-state index in [1.165, 1.54) is 0 Å². The van der Waals surface area contributed by atoms with Crippen molar-refractivity contribution in [3.63, 3.8) is 0 Å². The van der Waals surface area contributed by atoms with Crippen molar-refractivity contribution >= 4 is 22.8 Å². The van der Waals surface area contributed by atoms with Gasteiger partial charge < -0.3 is 15.0 Å². The fourth-order valence-corrected chi connectivity index (χ4v) is 3.94. The highest BCUT2D eigenvalue weighted by Crippen LogP contribution is 2.36. The molecule has 2 aromatic carbocycles. The van der Waals surface area contributed by atoms with E-state index in [1.54, 1.807) is 9.58 Å². The Bertz CT molecular complexity index is 1130. The predicted molar refractivity (Wildman–Crippen MR) is 126 cm³/mol. The molecule has 1 atom stereocenters. The van der Waals surface area contributed by atoms with Crippen LogP contribution in [0.3, 0.4) is 0 Å². The van der Waals surface area contributed by atoms with Gasteiger partial charge in [-0.3, -0.25) is 9.59 Å². The minimum Gasteiger partial charge on any atom is -0.494 e. The number of nitrogens with zero attached hydrogens (tertiary/aromatic N) is 4. The van der Waals surface area contributed by atoms with Gasteiger partial charge in [0.1, 0.15) is 23.9 Å². The SMILES string of the molecule is CCOc1ccc([C@H](C(=O)NC(C)(C)C)N(C(=O)Cn2nnc3ccccc32)C2CC2)cc1. The molecule has 0 bridgehead atoms. The number of para-hydroxylation sites is 1. The Morgan fingerprint density at radius 1 is 1.15 bits per heavy atom. The first-order chi connectivity index (χ1) is 15.8. The van der Waals surface area contributed by atoms with Crippen LogP contribution in [0.4, 0.5) is 0 Å². The molecule has 1 heterocycles. The Hall–Kier alpha value is -3.42. The molecule has 8 nitrogen and oxygen atoms in total. The number of hydrogen-bond donors (Lipinski definition) is 1. The lowest BCUT2D eigenvalue weighted by Gasteiger charge is -2.34. The second-order valence-electron chi connectivity index (χ2n) is 9.41. The average Bonchev–Trinajstić information content (AvgIpc) is 3.52. The molecule has 1 fully saturated rings. The molecule has 174 valence electrons. The smallest absolute Gasteiger partial charge is 0.247 e. The number of ether oxygens (including phenoxy) is 1. The van der Waals surface area contributed by atoms with E-state index in [0.717, 1.165) is 35.2 Å². The monoisotopic (exact) mass is 449 g/mol. The molecule has 1 aromatic heterocycles. The quantitative estimate of drug-likeness (QED) is 0.569. The zero-order valence-electron chi connectivity index (χ0n) is 19.6. The molecular weight excluding hydrogens is 418 g/mol. The molecule has 3 aromatic rings. The van der Waals surface area contributed by atoms with Crippen molar-refractivity contribution in [3.05, 3.63) is 54.1 Å². The number of amides is 2. The lowest BCUT2D eigenvalue weighted by Crippen LogP contribution is -2.50. The van der Waals surface area contributed by atoms with Crippen LogP contribution in [0.1, 0.15) is 52.1 Å². The topological polar surface area (TPSA) is 89.4 Å². The lowest BCUT2D eigenvalue weighted by atomic mass is 10.0. The zero-order valence-corrected chi connectivity index (χ0v) is 19.6. The summed E-state index contributed by atoms with van der Waals surface area (Å²) in [7, 11) is 0. The number of rotatable bonds is 8. The molecule has 4 rings (SSSR count). The van der Waals surface area contributed by atoms with Gasteiger partial charge in [-0.25, -0.2) is 4.68 Å². The summed E-state index contributed by atoms with van der Waals surface area (Å²) in [6.07, 6.45) is 1.75. The molecule has 0 aliphatic heterocycles. The van der Waals surface area contributed by atoms with Gasteiger partial charge in [0, 0.05) is 11.6 Å². The second kappa shape index (κ2) is 9.21. The summed E-state index contributed by atoms with van der Waals surface area (Å²) < 4.78 is 7.16. The predicted octanol–water partition coefficient (Wildman–Crippen LogP) is 3.48. The molecular formula is C25H31N5O3. The number of carbonyl (C=O) groups is 2. The molecule has 8 heteroatoms. The third-order valence-electron chi connectivity index (χ3n) is 5.47. The molecule has 0 saturated heterocycles. The van der Waals surface area contributed by atoms with Crippen LogP contribution in [0.25, 0.3) is 11.0 Å². The standard InChI is InChI=1S/C25H31N5O3/c1-5-33-19-14-10-17(11-15-19)23(24(32)26-25(2,3)4)30(18-12-13-18)22(31)16-29-21-9-7-6-8-20(21)27-28-29/h6-11,14-15,18,23H,5,12-13,16H2,1-4H3,(H,26,32)/t23-/m1/s1. The maximum Gasteiger partial charge on any atom is 0.247 e. The van der Waals surface area contributed by atoms with Crippen molar-refractivity contribution in [2.24, 2.45) is 0 Å². The fraction of sp³-hybridized carbons (Fsp3) is 0.440. The highest BCUT2D eigenvalue weighted by molar-refractivity contribution is 5.90. The first-order valence-corrected chi connectivity index (χ1v) is 11.4. The minimum atomic E-state index is -0.741. The van der Waals surface area contributed by atoms with Crippen LogP contribution in [0, 0.1) is 0 Å². The zero-order chi connectivity index (χ0) is 23.6. The molecule has 33 heavy (non-hydrogen) atoms. The van der Waals surface area contributed by atoms with E-state index in [-0.39, 0.29) is 24.4 Å². The highest BCUT2D eigenvalue weighted by Gasteiger charge is 2.42. The number of carbonyl (C=O) groups excluding carboxylic acids is 2. The number of aromatic nitrogens is 3. The van der Waals surface area contributed by atoms with Crippen LogP contribution in [-0.4, -0.2) is 49.9 Å². The summed E-state index contributed by atoms with van der Waals surface area (Å²) >= 11 is 0. The average molecular weight is 450 g/mol. The van der Waals surface area contributed by atoms with Crippen molar-refractivity contribution in [3.8, 4) is 5.75 Å². The van der Waals surface area contributed by atoms with E-state index < -0.39 is 11.6 Å². The van der Waals surface area contributed by atoms with Crippen molar-refractivity contribution < 1.29 is 14.3 Å². The van der Waals surface area contributed by atoms with Crippen molar-refractivity contribution in [2.75, 3.05) is 6.61 Å². The number of fused-ring (bicyclic) bond motifs is 1. The first-order valence-electron chi connectivity index (χ1n) is 11.4. The van der Waals surface area contributed by atoms with E-state index in [2.05, 4.69) is 15.6 Å². The van der Waals surface area contributed by atoms with E-state index in [9.17, 15) is 9.59 Å². The Morgan fingerprint density at radius 3 is 2.48 bits per heavy atom. The van der Waals surface area contributed by atoms with E-state index in [4.69, 9.17) is 4.74 Å². The molecule has 1 saturated carbocycles. The number of hydrogen-bond acceptors (Lipinski definition) is 5. The van der Waals surface area contributed by atoms with Gasteiger partial charge in [0.15, 0.2) is 0 Å². The lowest BCUT2D eigenvalue weighted by molar-refractivity contribution is -0.142. The third-order valence-corrected chi connectivity index (χ3v) is 5.47. The van der Waals surface area contributed by atoms with Crippen LogP contribution < -0.4 is 10.1 Å². The maximum atomic E-state index is 13.6. The summed E-state index contributed by atoms with van der Waals surface area (Å²) in [6, 6.07) is 14.2. The normalized spacial score (nSPS) is 14.7. The summed E-state index contributed by atoms with van der Waals surface area (Å²) in [5, 5.41) is 11.4. The molecule has 1 N–H and O–H groups in total. The second-order valence-corrected chi connectivity index (χ2v) is 9.41. The van der Waals surface area contributed by atoms with Gasteiger partial charge in [-0.15, -0.1) is 5.10 Å². The molecule has 1 aliphatic carbocycles. The molecule has 2 amide bonds. The molecule has 1 aliphatic rings. The largest absolute Gasteiger partial charge is 0.494 e. The summed E-state index contributed by atoms with van der Waals surface area (Å²) in [4.78, 5) is 28.8. The maximum absolute atomic E-state index is 13.6. The van der Waals surface area contributed by atoms with Gasteiger partial charge in [-0.2, -0.15) is 0 Å². The summed E-state index contributed by atoms with van der Waals surface area (Å²) in [5.41, 5.74) is 1.85. The van der Waals surface area contributed by atoms with Crippen molar-refractivity contribution in [1.82, 2.24) is 25.2 Å². The molecule has 0 unspecified atom stereocenters. The van der Waals surface area contributed by atoms with E-state index >= 15 is 0 Å². The van der Waals surface area contributed by atoms with Gasteiger partial charge in [-0.05, 0) is 70.4 Å². The summed E-state index contributed by atoms with van der Waals surface area (Å²) in [5.74, 6) is 0.376. The van der Waals surface area contributed by atoms with Crippen molar-refractivity contribution in [1.29, 1.82) is 0 Å². The van der Waals surface area contributed by atoms with Crippen LogP contribution in [-0.2, 0) is 16.1 Å². The Morgan fingerprint density at radius 2 is 1.85 bits per heavy atom. The minimum absolute atomic E-state index is 0.0212. The Balaban J connectivity index is 1.67. The Labute approximate surface area is 193 Å². The van der Waals surface area contributed by atoms with Crippen LogP contribution in [0.5, 0.6) is 5.75 Å². The first kappa shape index (κ1) is 22.8. The molecule has 0 radical (unpaired) electrons. The van der Waals surface area contributed by atoms with Gasteiger partial charge in [0.25, 0.3) is 0 Å².